The van der Waals surface area contributed by atoms with E-state index in [0.29, 0.717) is 5.92 Å². The van der Waals surface area contributed by atoms with E-state index in [1.54, 1.807) is 18.3 Å². The van der Waals surface area contributed by atoms with Crippen molar-refractivity contribution < 1.29 is 9.90 Å². The number of nitrogens with zero attached hydrogens (tertiary/aromatic N) is 1. The Balaban J connectivity index is 1.79. The van der Waals surface area contributed by atoms with Crippen LogP contribution in [0.15, 0.2) is 54.9 Å². The first-order valence-electron chi connectivity index (χ1n) is 7.42. The number of rotatable bonds is 2. The Hall–Kier alpha value is -2.62. The van der Waals surface area contributed by atoms with Gasteiger partial charge in [0.2, 0.25) is 0 Å². The molecular weight excluding hydrogens is 276 g/mol. The number of carbonyl (C=O) groups excluding carboxylic acids is 1. The summed E-state index contributed by atoms with van der Waals surface area (Å²) in [4.78, 5) is 15.3. The summed E-state index contributed by atoms with van der Waals surface area (Å²) in [5.74, 6) is -0.509. The largest absolute Gasteiger partial charge is 0.545 e. The number of carboxylic acid groups (broad SMARTS) is 1. The van der Waals surface area contributed by atoms with Crippen molar-refractivity contribution in [2.75, 3.05) is 5.32 Å². The molecule has 4 nitrogen and oxygen atoms in total. The number of allylic oxidation sites excluding steroid dienone is 2. The first-order chi connectivity index (χ1) is 10.7. The first kappa shape index (κ1) is 13.1. The number of nitrogens with one attached hydrogen (secondary N) is 1. The molecule has 0 saturated carbocycles. The molecule has 4 heteroatoms. The molecule has 110 valence electrons. The topological polar surface area (TPSA) is 65.0 Å². The summed E-state index contributed by atoms with van der Waals surface area (Å²) in [5, 5.41) is 14.7. The molecule has 3 atom stereocenters. The fourth-order valence-corrected chi connectivity index (χ4v) is 3.61. The van der Waals surface area contributed by atoms with E-state index in [-0.39, 0.29) is 17.5 Å². The molecule has 1 aliphatic heterocycles. The van der Waals surface area contributed by atoms with Gasteiger partial charge in [-0.25, -0.2) is 0 Å². The molecule has 1 aliphatic carbocycles. The van der Waals surface area contributed by atoms with Gasteiger partial charge in [0.15, 0.2) is 0 Å². The van der Waals surface area contributed by atoms with Crippen molar-refractivity contribution in [3.05, 3.63) is 71.6 Å². The standard InChI is InChI=1S/C18H16N2O2/c21-18(22)11-6-7-16-15(9-11)13-4-1-5-14(13)17(20-16)12-3-2-8-19-10-12/h1-4,6-10,13-14,17,20H,5H2,(H,21,22)/p-1. The highest BCUT2D eigenvalue weighted by atomic mass is 16.4. The van der Waals surface area contributed by atoms with Crippen LogP contribution in [-0.2, 0) is 0 Å². The average molecular weight is 291 g/mol. The molecule has 1 N–H and O–H groups in total. The van der Waals surface area contributed by atoms with Crippen LogP contribution in [0, 0.1) is 5.92 Å². The number of hydrogen-bond acceptors (Lipinski definition) is 4. The van der Waals surface area contributed by atoms with E-state index in [0.717, 1.165) is 23.2 Å². The molecule has 0 fully saturated rings. The molecule has 0 amide bonds. The van der Waals surface area contributed by atoms with Crippen molar-refractivity contribution in [3.8, 4) is 0 Å². The van der Waals surface area contributed by atoms with E-state index in [1.165, 1.54) is 0 Å². The maximum Gasteiger partial charge on any atom is 0.0715 e. The summed E-state index contributed by atoms with van der Waals surface area (Å²) < 4.78 is 0. The van der Waals surface area contributed by atoms with Crippen LogP contribution >= 0.6 is 0 Å². The highest BCUT2D eigenvalue weighted by molar-refractivity contribution is 5.87. The van der Waals surface area contributed by atoms with Gasteiger partial charge in [-0.05, 0) is 47.2 Å². The van der Waals surface area contributed by atoms with Crippen LogP contribution < -0.4 is 10.4 Å². The summed E-state index contributed by atoms with van der Waals surface area (Å²) in [6, 6.07) is 9.40. The number of fused-ring (bicyclic) bond motifs is 3. The molecule has 1 aromatic heterocycles. The lowest BCUT2D eigenvalue weighted by Crippen LogP contribution is -2.30. The number of carbonyl (C=O) groups is 1. The summed E-state index contributed by atoms with van der Waals surface area (Å²) in [7, 11) is 0. The van der Waals surface area contributed by atoms with Gasteiger partial charge in [0.05, 0.1) is 12.0 Å². The molecule has 22 heavy (non-hydrogen) atoms. The molecule has 4 rings (SSSR count). The zero-order valence-electron chi connectivity index (χ0n) is 11.9. The molecule has 3 unspecified atom stereocenters. The number of aromatic carboxylic acids is 1. The van der Waals surface area contributed by atoms with E-state index < -0.39 is 5.97 Å². The molecule has 0 saturated heterocycles. The Kier molecular flexibility index (Phi) is 2.96. The predicted octanol–water partition coefficient (Wildman–Crippen LogP) is 2.27. The number of benzene rings is 1. The minimum Gasteiger partial charge on any atom is -0.545 e. The third-order valence-electron chi connectivity index (χ3n) is 4.64. The van der Waals surface area contributed by atoms with Gasteiger partial charge < -0.3 is 15.2 Å². The van der Waals surface area contributed by atoms with Gasteiger partial charge in [0.1, 0.15) is 0 Å². The minimum atomic E-state index is -1.13. The lowest BCUT2D eigenvalue weighted by atomic mass is 9.77. The monoisotopic (exact) mass is 291 g/mol. The summed E-state index contributed by atoms with van der Waals surface area (Å²) in [5.41, 5.74) is 3.43. The molecule has 0 bridgehead atoms. The van der Waals surface area contributed by atoms with Crippen LogP contribution in [0.3, 0.4) is 0 Å². The predicted molar refractivity (Wildman–Crippen MR) is 81.4 cm³/mol. The van der Waals surface area contributed by atoms with Crippen molar-refractivity contribution in [3.63, 3.8) is 0 Å². The molecular formula is C18H15N2O2-. The lowest BCUT2D eigenvalue weighted by molar-refractivity contribution is -0.255. The second-order valence-corrected chi connectivity index (χ2v) is 5.85. The van der Waals surface area contributed by atoms with Crippen LogP contribution in [0.1, 0.15) is 39.9 Å². The zero-order chi connectivity index (χ0) is 15.1. The zero-order valence-corrected chi connectivity index (χ0v) is 11.9. The highest BCUT2D eigenvalue weighted by Gasteiger charge is 2.37. The third kappa shape index (κ3) is 1.99. The lowest BCUT2D eigenvalue weighted by Gasteiger charge is -2.37. The summed E-state index contributed by atoms with van der Waals surface area (Å²) in [6.07, 6.45) is 9.02. The van der Waals surface area contributed by atoms with Crippen LogP contribution in [0.25, 0.3) is 0 Å². The normalized spacial score (nSPS) is 25.2. The number of anilines is 1. The fourth-order valence-electron chi connectivity index (χ4n) is 3.61. The van der Waals surface area contributed by atoms with Gasteiger partial charge in [0, 0.05) is 24.0 Å². The number of hydrogen-bond donors (Lipinski definition) is 1. The Labute approximate surface area is 128 Å². The minimum absolute atomic E-state index is 0.190. The average Bonchev–Trinajstić information content (AvgIpc) is 3.04. The Morgan fingerprint density at radius 1 is 1.32 bits per heavy atom. The van der Waals surface area contributed by atoms with E-state index in [1.807, 2.05) is 18.3 Å². The van der Waals surface area contributed by atoms with Crippen molar-refractivity contribution in [1.82, 2.24) is 4.98 Å². The van der Waals surface area contributed by atoms with Gasteiger partial charge in [-0.2, -0.15) is 0 Å². The van der Waals surface area contributed by atoms with Crippen molar-refractivity contribution in [1.29, 1.82) is 0 Å². The number of pyridine rings is 1. The Morgan fingerprint density at radius 3 is 3.00 bits per heavy atom. The first-order valence-corrected chi connectivity index (χ1v) is 7.42. The van der Waals surface area contributed by atoms with E-state index in [2.05, 4.69) is 28.5 Å². The van der Waals surface area contributed by atoms with Crippen LogP contribution in [0.5, 0.6) is 0 Å². The van der Waals surface area contributed by atoms with Gasteiger partial charge in [-0.3, -0.25) is 4.98 Å². The molecule has 0 spiro atoms. The molecule has 0 radical (unpaired) electrons. The second-order valence-electron chi connectivity index (χ2n) is 5.85. The van der Waals surface area contributed by atoms with Crippen molar-refractivity contribution >= 4 is 11.7 Å². The smallest absolute Gasteiger partial charge is 0.0715 e. The second kappa shape index (κ2) is 4.98. The molecule has 2 aliphatic rings. The Bertz CT molecular complexity index is 755. The maximum atomic E-state index is 11.1. The highest BCUT2D eigenvalue weighted by Crippen LogP contribution is 2.49. The summed E-state index contributed by atoms with van der Waals surface area (Å²) in [6.45, 7) is 0. The molecule has 2 heterocycles. The maximum absolute atomic E-state index is 11.1. The van der Waals surface area contributed by atoms with E-state index in [9.17, 15) is 9.90 Å². The van der Waals surface area contributed by atoms with Crippen LogP contribution in [0.2, 0.25) is 0 Å². The SMILES string of the molecule is O=C([O-])c1ccc2c(c1)C1C=CCC1C(c1cccnc1)N2. The van der Waals surface area contributed by atoms with Gasteiger partial charge in [0.25, 0.3) is 0 Å². The molecule has 1 aromatic carbocycles. The van der Waals surface area contributed by atoms with Crippen molar-refractivity contribution in [2.45, 2.75) is 18.4 Å². The van der Waals surface area contributed by atoms with E-state index in [4.69, 9.17) is 0 Å². The summed E-state index contributed by atoms with van der Waals surface area (Å²) >= 11 is 0. The van der Waals surface area contributed by atoms with Gasteiger partial charge in [-0.1, -0.05) is 24.3 Å². The van der Waals surface area contributed by atoms with Crippen molar-refractivity contribution in [2.24, 2.45) is 5.92 Å². The van der Waals surface area contributed by atoms with Crippen LogP contribution in [-0.4, -0.2) is 11.0 Å². The Morgan fingerprint density at radius 2 is 2.23 bits per heavy atom. The number of aromatic nitrogens is 1. The molecule has 2 aromatic rings. The van der Waals surface area contributed by atoms with Crippen LogP contribution in [0.4, 0.5) is 5.69 Å². The third-order valence-corrected chi connectivity index (χ3v) is 4.64. The van der Waals surface area contributed by atoms with Gasteiger partial charge in [-0.15, -0.1) is 0 Å². The van der Waals surface area contributed by atoms with Gasteiger partial charge >= 0.3 is 0 Å². The quantitative estimate of drug-likeness (QED) is 0.862. The van der Waals surface area contributed by atoms with E-state index >= 15 is 0 Å². The number of carboxylic acids is 1. The fraction of sp³-hybridized carbons (Fsp3) is 0.222.